The van der Waals surface area contributed by atoms with Gasteiger partial charge in [0, 0.05) is 0 Å². The maximum absolute atomic E-state index is 10.2. The summed E-state index contributed by atoms with van der Waals surface area (Å²) >= 11 is 0. The Morgan fingerprint density at radius 1 is 1.00 bits per heavy atom. The van der Waals surface area contributed by atoms with Crippen molar-refractivity contribution in [1.82, 2.24) is 0 Å². The molecule has 0 amide bonds. The topological polar surface area (TPSA) is 80.3 Å². The van der Waals surface area contributed by atoms with Crippen LogP contribution in [0.4, 0.5) is 0 Å². The summed E-state index contributed by atoms with van der Waals surface area (Å²) in [4.78, 5) is 20.3. The largest absolute Gasteiger partial charge is 2.00 e. The number of rotatable bonds is 5. The van der Waals surface area contributed by atoms with Gasteiger partial charge in [0.05, 0.1) is 22.4 Å². The van der Waals surface area contributed by atoms with Gasteiger partial charge in [0.1, 0.15) is 0 Å². The molecule has 70 valence electrons. The molecule has 0 fully saturated rings. The smallest absolute Gasteiger partial charge is 0.549 e. The third kappa shape index (κ3) is 7.48. The predicted octanol–water partition coefficient (Wildman–Crippen LogP) is -1.74. The van der Waals surface area contributed by atoms with Crippen molar-refractivity contribution >= 4 is 56.6 Å². The molecule has 0 spiro atoms. The summed E-state index contributed by atoms with van der Waals surface area (Å²) in [6.45, 7) is 2.88. The van der Waals surface area contributed by atoms with Crippen molar-refractivity contribution in [3.05, 3.63) is 0 Å². The van der Waals surface area contributed by atoms with E-state index in [0.717, 1.165) is 21.6 Å². The molecule has 0 N–H and O–H groups in total. The Hall–Kier alpha value is 0.406. The molecular formula is C6H8MgO4S2. The van der Waals surface area contributed by atoms with E-state index in [-0.39, 0.29) is 23.1 Å². The van der Waals surface area contributed by atoms with E-state index in [0.29, 0.717) is 0 Å². The number of carboxylic acids is 2. The number of hydrogen-bond donors (Lipinski definition) is 0. The molecular weight excluding hydrogens is 225 g/mol. The van der Waals surface area contributed by atoms with Crippen molar-refractivity contribution in [1.29, 1.82) is 0 Å². The van der Waals surface area contributed by atoms with Gasteiger partial charge in [0.2, 0.25) is 0 Å². The molecule has 0 heterocycles. The minimum absolute atomic E-state index is 0. The van der Waals surface area contributed by atoms with E-state index in [1.165, 1.54) is 13.8 Å². The fourth-order valence-electron chi connectivity index (χ4n) is 0.245. The second-order valence-electron chi connectivity index (χ2n) is 2.11. The van der Waals surface area contributed by atoms with Crippen LogP contribution in [0.1, 0.15) is 13.8 Å². The molecule has 0 aliphatic heterocycles. The standard InChI is InChI=1S/C6H10O4S2.Mg/c1-3(5(7)8)11-12-4(2)6(9)10;/h3-4H,1-2H3,(H,7,8)(H,9,10);/q;+2/p-2. The molecule has 0 rings (SSSR count). The zero-order chi connectivity index (χ0) is 9.72. The molecule has 4 nitrogen and oxygen atoms in total. The Kier molecular flexibility index (Phi) is 9.49. The van der Waals surface area contributed by atoms with Gasteiger partial charge < -0.3 is 19.8 Å². The van der Waals surface area contributed by atoms with Crippen LogP contribution in [-0.4, -0.2) is 45.5 Å². The predicted molar refractivity (Wildman–Crippen MR) is 49.9 cm³/mol. The van der Waals surface area contributed by atoms with E-state index in [4.69, 9.17) is 0 Å². The number of carboxylic acid groups (broad SMARTS) is 2. The van der Waals surface area contributed by atoms with Crippen LogP contribution in [0.25, 0.3) is 0 Å². The molecule has 0 radical (unpaired) electrons. The third-order valence-corrected chi connectivity index (χ3v) is 4.15. The van der Waals surface area contributed by atoms with Crippen LogP contribution in [0.2, 0.25) is 0 Å². The molecule has 0 saturated carbocycles. The van der Waals surface area contributed by atoms with Gasteiger partial charge in [-0.05, 0) is 13.8 Å². The summed E-state index contributed by atoms with van der Waals surface area (Å²) in [6, 6.07) is 0. The summed E-state index contributed by atoms with van der Waals surface area (Å²) in [7, 11) is 1.91. The molecule has 0 saturated heterocycles. The second-order valence-corrected chi connectivity index (χ2v) is 5.07. The first-order chi connectivity index (χ1) is 5.45. The number of hydrogen-bond acceptors (Lipinski definition) is 6. The van der Waals surface area contributed by atoms with Gasteiger partial charge in [0.15, 0.2) is 0 Å². The Morgan fingerprint density at radius 2 is 1.23 bits per heavy atom. The summed E-state index contributed by atoms with van der Waals surface area (Å²) in [5.74, 6) is -2.39. The molecule has 0 aromatic heterocycles. The van der Waals surface area contributed by atoms with Crippen molar-refractivity contribution in [3.63, 3.8) is 0 Å². The van der Waals surface area contributed by atoms with Gasteiger partial charge in [-0.25, -0.2) is 0 Å². The first kappa shape index (κ1) is 15.9. The zero-order valence-corrected chi connectivity index (χ0v) is 10.4. The Morgan fingerprint density at radius 3 is 1.38 bits per heavy atom. The zero-order valence-electron chi connectivity index (χ0n) is 7.31. The van der Waals surface area contributed by atoms with Crippen LogP contribution in [0.5, 0.6) is 0 Å². The molecule has 13 heavy (non-hydrogen) atoms. The Labute approximate surface area is 100 Å². The van der Waals surface area contributed by atoms with Crippen molar-refractivity contribution in [2.45, 2.75) is 24.3 Å². The third-order valence-electron chi connectivity index (χ3n) is 1.01. The van der Waals surface area contributed by atoms with E-state index < -0.39 is 22.4 Å². The molecule has 0 aliphatic rings. The minimum atomic E-state index is -1.20. The van der Waals surface area contributed by atoms with Gasteiger partial charge in [-0.2, -0.15) is 0 Å². The van der Waals surface area contributed by atoms with E-state index in [2.05, 4.69) is 0 Å². The van der Waals surface area contributed by atoms with Gasteiger partial charge in [-0.3, -0.25) is 0 Å². The van der Waals surface area contributed by atoms with Crippen LogP contribution in [0.15, 0.2) is 0 Å². The number of carbonyl (C=O) groups is 2. The monoisotopic (exact) mass is 232 g/mol. The summed E-state index contributed by atoms with van der Waals surface area (Å²) < 4.78 is 0. The van der Waals surface area contributed by atoms with Crippen LogP contribution in [-0.2, 0) is 9.59 Å². The minimum Gasteiger partial charge on any atom is -0.549 e. The molecule has 7 heteroatoms. The SMILES string of the molecule is CC(SSC(C)C(=O)[O-])C(=O)[O-].[Mg+2]. The summed E-state index contributed by atoms with van der Waals surface area (Å²) in [5, 5.41) is 18.9. The van der Waals surface area contributed by atoms with Gasteiger partial charge in [-0.15, -0.1) is 0 Å². The van der Waals surface area contributed by atoms with Crippen molar-refractivity contribution < 1.29 is 19.8 Å². The molecule has 0 aliphatic carbocycles. The Bertz CT molecular complexity index is 167. The first-order valence-corrected chi connectivity index (χ1v) is 5.46. The van der Waals surface area contributed by atoms with Crippen molar-refractivity contribution in [3.8, 4) is 0 Å². The van der Waals surface area contributed by atoms with Gasteiger partial charge in [-0.1, -0.05) is 21.6 Å². The molecule has 0 aromatic carbocycles. The Balaban J connectivity index is 0. The quantitative estimate of drug-likeness (QED) is 0.414. The van der Waals surface area contributed by atoms with Crippen LogP contribution >= 0.6 is 21.6 Å². The van der Waals surface area contributed by atoms with Crippen LogP contribution in [0.3, 0.4) is 0 Å². The maximum Gasteiger partial charge on any atom is 2.00 e. The maximum atomic E-state index is 10.2. The van der Waals surface area contributed by atoms with E-state index in [1.54, 1.807) is 0 Å². The van der Waals surface area contributed by atoms with Crippen molar-refractivity contribution in [2.24, 2.45) is 0 Å². The fourth-order valence-corrected chi connectivity index (χ4v) is 2.21. The molecule has 0 bridgehead atoms. The molecule has 2 unspecified atom stereocenters. The van der Waals surface area contributed by atoms with Gasteiger partial charge >= 0.3 is 23.1 Å². The molecule has 0 aromatic rings. The van der Waals surface area contributed by atoms with Crippen LogP contribution in [0, 0.1) is 0 Å². The average Bonchev–Trinajstić information content (AvgIpc) is 1.98. The van der Waals surface area contributed by atoms with Crippen LogP contribution < -0.4 is 10.2 Å². The number of carbonyl (C=O) groups excluding carboxylic acids is 2. The van der Waals surface area contributed by atoms with Crippen molar-refractivity contribution in [2.75, 3.05) is 0 Å². The number of aliphatic carboxylic acids is 2. The van der Waals surface area contributed by atoms with E-state index in [1.807, 2.05) is 0 Å². The van der Waals surface area contributed by atoms with E-state index in [9.17, 15) is 19.8 Å². The summed E-state index contributed by atoms with van der Waals surface area (Å²) in [5.41, 5.74) is 0. The average molecular weight is 233 g/mol. The van der Waals surface area contributed by atoms with E-state index >= 15 is 0 Å². The fraction of sp³-hybridized carbons (Fsp3) is 0.667. The normalized spacial score (nSPS) is 14.0. The first-order valence-electron chi connectivity index (χ1n) is 3.19. The summed E-state index contributed by atoms with van der Waals surface area (Å²) in [6.07, 6.45) is 0. The molecule has 2 atom stereocenters. The van der Waals surface area contributed by atoms with Gasteiger partial charge in [0.25, 0.3) is 0 Å². The second kappa shape index (κ2) is 7.78.